The summed E-state index contributed by atoms with van der Waals surface area (Å²) in [5, 5.41) is 12.0. The minimum absolute atomic E-state index is 0.171. The fourth-order valence-electron chi connectivity index (χ4n) is 2.69. The van der Waals surface area contributed by atoms with Crippen molar-refractivity contribution in [3.8, 4) is 5.88 Å². The maximum atomic E-state index is 12.5. The van der Waals surface area contributed by atoms with Crippen LogP contribution in [0.3, 0.4) is 0 Å². The number of pyridine rings is 1. The minimum atomic E-state index is -1.02. The van der Waals surface area contributed by atoms with Crippen LogP contribution in [0.25, 0.3) is 0 Å². The van der Waals surface area contributed by atoms with Gasteiger partial charge in [-0.25, -0.2) is 9.78 Å². The molecule has 0 radical (unpaired) electrons. The van der Waals surface area contributed by atoms with E-state index in [1.54, 1.807) is 25.1 Å². The van der Waals surface area contributed by atoms with E-state index in [1.165, 1.54) is 12.3 Å². The summed E-state index contributed by atoms with van der Waals surface area (Å²) in [6.07, 6.45) is 4.90. The van der Waals surface area contributed by atoms with Crippen LogP contribution in [0, 0.1) is 13.8 Å². The van der Waals surface area contributed by atoms with Gasteiger partial charge in [0.2, 0.25) is 5.88 Å². The molecular weight excluding hydrogens is 320 g/mol. The number of hydrogen-bond acceptors (Lipinski definition) is 4. The van der Waals surface area contributed by atoms with Gasteiger partial charge in [-0.05, 0) is 56.4 Å². The fraction of sp³-hybridized carbons (Fsp3) is 0.316. The number of carboxylic acid groups (broad SMARTS) is 1. The first-order valence-corrected chi connectivity index (χ1v) is 8.22. The number of amides is 1. The third kappa shape index (κ3) is 3.79. The van der Waals surface area contributed by atoms with Crippen molar-refractivity contribution in [2.45, 2.75) is 39.2 Å². The Kier molecular flexibility index (Phi) is 4.70. The van der Waals surface area contributed by atoms with Crippen molar-refractivity contribution in [3.05, 3.63) is 52.7 Å². The maximum absolute atomic E-state index is 12.5. The van der Waals surface area contributed by atoms with E-state index in [0.717, 1.165) is 24.8 Å². The van der Waals surface area contributed by atoms with Crippen LogP contribution in [0.1, 0.15) is 51.1 Å². The summed E-state index contributed by atoms with van der Waals surface area (Å²) in [5.41, 5.74) is 2.52. The molecule has 3 rings (SSSR count). The summed E-state index contributed by atoms with van der Waals surface area (Å²) < 4.78 is 5.71. The van der Waals surface area contributed by atoms with E-state index in [0.29, 0.717) is 22.7 Å². The molecule has 1 aromatic carbocycles. The lowest BCUT2D eigenvalue weighted by Crippen LogP contribution is -2.25. The highest BCUT2D eigenvalue weighted by Crippen LogP contribution is 2.25. The molecule has 1 aromatic heterocycles. The van der Waals surface area contributed by atoms with E-state index in [-0.39, 0.29) is 17.6 Å². The zero-order valence-corrected chi connectivity index (χ0v) is 14.2. The predicted molar refractivity (Wildman–Crippen MR) is 93.3 cm³/mol. The van der Waals surface area contributed by atoms with Crippen LogP contribution in [0.15, 0.2) is 30.5 Å². The molecule has 1 saturated carbocycles. The monoisotopic (exact) mass is 340 g/mol. The molecule has 0 spiro atoms. The van der Waals surface area contributed by atoms with Gasteiger partial charge in [0.1, 0.15) is 6.10 Å². The average Bonchev–Trinajstić information content (AvgIpc) is 2.53. The number of aromatic nitrogens is 1. The first-order valence-electron chi connectivity index (χ1n) is 8.22. The molecule has 6 nitrogen and oxygen atoms in total. The second kappa shape index (κ2) is 6.93. The van der Waals surface area contributed by atoms with E-state index >= 15 is 0 Å². The molecule has 1 aliphatic rings. The molecule has 0 bridgehead atoms. The molecular formula is C19H20N2O4. The number of nitrogens with zero attached hydrogens (tertiary/aromatic N) is 1. The fourth-order valence-corrected chi connectivity index (χ4v) is 2.69. The van der Waals surface area contributed by atoms with Gasteiger partial charge < -0.3 is 15.2 Å². The van der Waals surface area contributed by atoms with Gasteiger partial charge in [-0.15, -0.1) is 0 Å². The molecule has 2 aromatic rings. The maximum Gasteiger partial charge on any atom is 0.336 e. The number of benzene rings is 1. The van der Waals surface area contributed by atoms with Crippen molar-refractivity contribution >= 4 is 17.6 Å². The van der Waals surface area contributed by atoms with Gasteiger partial charge in [0.25, 0.3) is 5.91 Å². The van der Waals surface area contributed by atoms with E-state index < -0.39 is 5.97 Å². The molecule has 1 amide bonds. The molecule has 1 fully saturated rings. The zero-order valence-electron chi connectivity index (χ0n) is 14.2. The van der Waals surface area contributed by atoms with E-state index in [9.17, 15) is 14.7 Å². The molecule has 0 aliphatic heterocycles. The molecule has 6 heteroatoms. The number of carboxylic acids is 1. The van der Waals surface area contributed by atoms with Crippen molar-refractivity contribution in [2.75, 3.05) is 5.32 Å². The zero-order chi connectivity index (χ0) is 18.0. The molecule has 0 saturated heterocycles. The van der Waals surface area contributed by atoms with Gasteiger partial charge in [-0.2, -0.15) is 0 Å². The Bertz CT molecular complexity index is 828. The van der Waals surface area contributed by atoms with Crippen molar-refractivity contribution in [1.82, 2.24) is 4.98 Å². The lowest BCUT2D eigenvalue weighted by Gasteiger charge is -2.25. The summed E-state index contributed by atoms with van der Waals surface area (Å²) in [6.45, 7) is 3.56. The average molecular weight is 340 g/mol. The number of aryl methyl sites for hydroxylation is 2. The normalized spacial score (nSPS) is 13.8. The molecule has 2 N–H and O–H groups in total. The molecule has 0 unspecified atom stereocenters. The van der Waals surface area contributed by atoms with Crippen molar-refractivity contribution in [2.24, 2.45) is 0 Å². The second-order valence-corrected chi connectivity index (χ2v) is 6.29. The summed E-state index contributed by atoms with van der Waals surface area (Å²) in [4.78, 5) is 27.9. The van der Waals surface area contributed by atoms with Crippen LogP contribution in [0.5, 0.6) is 5.88 Å². The number of ether oxygens (including phenoxy) is 1. The first kappa shape index (κ1) is 17.0. The first-order chi connectivity index (χ1) is 11.9. The van der Waals surface area contributed by atoms with E-state index in [1.807, 2.05) is 6.92 Å². The number of rotatable bonds is 5. The highest BCUT2D eigenvalue weighted by Gasteiger charge is 2.20. The van der Waals surface area contributed by atoms with Crippen LogP contribution in [0.4, 0.5) is 5.69 Å². The number of carbonyl (C=O) groups is 2. The topological polar surface area (TPSA) is 88.5 Å². The Balaban J connectivity index is 1.79. The van der Waals surface area contributed by atoms with Crippen LogP contribution < -0.4 is 10.1 Å². The number of hydrogen-bond donors (Lipinski definition) is 2. The summed E-state index contributed by atoms with van der Waals surface area (Å²) in [7, 11) is 0. The van der Waals surface area contributed by atoms with Crippen molar-refractivity contribution in [1.29, 1.82) is 0 Å². The number of nitrogens with one attached hydrogen (secondary N) is 1. The van der Waals surface area contributed by atoms with Crippen LogP contribution in [-0.4, -0.2) is 28.1 Å². The van der Waals surface area contributed by atoms with Gasteiger partial charge >= 0.3 is 5.97 Å². The van der Waals surface area contributed by atoms with E-state index in [2.05, 4.69) is 10.3 Å². The van der Waals surface area contributed by atoms with Crippen LogP contribution >= 0.6 is 0 Å². The standard InChI is InChI=1S/C19H20N2O4/c1-11-8-12(2)16(10-15(11)19(23)24)21-18(22)13-6-7-20-17(9-13)25-14-4-3-5-14/h6-10,14H,3-5H2,1-2H3,(H,21,22)(H,23,24). The van der Waals surface area contributed by atoms with E-state index in [4.69, 9.17) is 4.74 Å². The molecule has 1 aliphatic carbocycles. The van der Waals surface area contributed by atoms with Crippen molar-refractivity contribution in [3.63, 3.8) is 0 Å². The largest absolute Gasteiger partial charge is 0.478 e. The van der Waals surface area contributed by atoms with Crippen LogP contribution in [-0.2, 0) is 0 Å². The summed E-state index contributed by atoms with van der Waals surface area (Å²) >= 11 is 0. The summed E-state index contributed by atoms with van der Waals surface area (Å²) in [5.74, 6) is -0.915. The Labute approximate surface area is 145 Å². The lowest BCUT2D eigenvalue weighted by molar-refractivity contribution is 0.0695. The predicted octanol–water partition coefficient (Wildman–Crippen LogP) is 3.58. The Morgan fingerprint density at radius 2 is 1.96 bits per heavy atom. The van der Waals surface area contributed by atoms with Crippen LogP contribution in [0.2, 0.25) is 0 Å². The molecule has 1 heterocycles. The quantitative estimate of drug-likeness (QED) is 0.868. The molecule has 130 valence electrons. The number of anilines is 1. The third-order valence-corrected chi connectivity index (χ3v) is 4.39. The molecule has 0 atom stereocenters. The van der Waals surface area contributed by atoms with Gasteiger partial charge in [0, 0.05) is 23.5 Å². The number of aromatic carboxylic acids is 1. The Morgan fingerprint density at radius 3 is 2.60 bits per heavy atom. The smallest absolute Gasteiger partial charge is 0.336 e. The third-order valence-electron chi connectivity index (χ3n) is 4.39. The summed E-state index contributed by atoms with van der Waals surface area (Å²) in [6, 6.07) is 6.44. The van der Waals surface area contributed by atoms with Gasteiger partial charge in [-0.1, -0.05) is 6.07 Å². The molecule has 25 heavy (non-hydrogen) atoms. The number of carbonyl (C=O) groups excluding carboxylic acids is 1. The second-order valence-electron chi connectivity index (χ2n) is 6.29. The highest BCUT2D eigenvalue weighted by atomic mass is 16.5. The minimum Gasteiger partial charge on any atom is -0.478 e. The Morgan fingerprint density at radius 1 is 1.20 bits per heavy atom. The SMILES string of the molecule is Cc1cc(C)c(C(=O)O)cc1NC(=O)c1ccnc(OC2CCC2)c1. The van der Waals surface area contributed by atoms with Gasteiger partial charge in [0.05, 0.1) is 5.56 Å². The van der Waals surface area contributed by atoms with Crippen molar-refractivity contribution < 1.29 is 19.4 Å². The Hall–Kier alpha value is -2.89. The lowest BCUT2D eigenvalue weighted by atomic mass is 9.96. The van der Waals surface area contributed by atoms with Gasteiger partial charge in [-0.3, -0.25) is 4.79 Å². The highest BCUT2D eigenvalue weighted by molar-refractivity contribution is 6.05. The van der Waals surface area contributed by atoms with Gasteiger partial charge in [0.15, 0.2) is 0 Å².